The van der Waals surface area contributed by atoms with Crippen LogP contribution in [0.15, 0.2) is 36.4 Å². The molecule has 0 radical (unpaired) electrons. The number of hydrogen-bond acceptors (Lipinski definition) is 2. The highest BCUT2D eigenvalue weighted by Gasteiger charge is 2.08. The molecule has 0 atom stereocenters. The standard InChI is InChI=1S/C14H14Cl2N2/c1-10-5-3-4-6-12(10)18(2)9-11-7-8-13(15)17-14(11)16/h3-8H,9H2,1-2H3. The molecule has 0 saturated heterocycles. The van der Waals surface area contributed by atoms with Crippen molar-refractivity contribution in [1.29, 1.82) is 0 Å². The summed E-state index contributed by atoms with van der Waals surface area (Å²) in [5.74, 6) is 0. The van der Waals surface area contributed by atoms with Crippen molar-refractivity contribution in [3.63, 3.8) is 0 Å². The van der Waals surface area contributed by atoms with E-state index in [-0.39, 0.29) is 0 Å². The summed E-state index contributed by atoms with van der Waals surface area (Å²) in [5.41, 5.74) is 3.38. The lowest BCUT2D eigenvalue weighted by molar-refractivity contribution is 0.910. The fourth-order valence-electron chi connectivity index (χ4n) is 1.89. The van der Waals surface area contributed by atoms with Gasteiger partial charge in [-0.2, -0.15) is 0 Å². The van der Waals surface area contributed by atoms with Crippen molar-refractivity contribution in [3.05, 3.63) is 57.8 Å². The maximum atomic E-state index is 6.08. The van der Waals surface area contributed by atoms with E-state index >= 15 is 0 Å². The number of halogens is 2. The van der Waals surface area contributed by atoms with Crippen LogP contribution in [0.1, 0.15) is 11.1 Å². The Bertz CT molecular complexity index is 555. The fourth-order valence-corrected chi connectivity index (χ4v) is 2.30. The van der Waals surface area contributed by atoms with Crippen LogP contribution in [0.4, 0.5) is 5.69 Å². The molecule has 0 amide bonds. The second-order valence-corrected chi connectivity index (χ2v) is 4.97. The zero-order valence-electron chi connectivity index (χ0n) is 10.3. The summed E-state index contributed by atoms with van der Waals surface area (Å²) in [6.07, 6.45) is 0. The van der Waals surface area contributed by atoms with Crippen molar-refractivity contribution < 1.29 is 0 Å². The number of para-hydroxylation sites is 1. The van der Waals surface area contributed by atoms with Gasteiger partial charge in [0.15, 0.2) is 0 Å². The van der Waals surface area contributed by atoms with Gasteiger partial charge in [0.05, 0.1) is 0 Å². The third-order valence-electron chi connectivity index (χ3n) is 2.83. The zero-order valence-corrected chi connectivity index (χ0v) is 11.8. The number of aryl methyl sites for hydroxylation is 1. The van der Waals surface area contributed by atoms with Crippen LogP contribution in [0, 0.1) is 6.92 Å². The number of anilines is 1. The minimum absolute atomic E-state index is 0.419. The molecule has 1 heterocycles. The highest BCUT2D eigenvalue weighted by Crippen LogP contribution is 2.23. The van der Waals surface area contributed by atoms with Crippen LogP contribution < -0.4 is 4.90 Å². The van der Waals surface area contributed by atoms with Crippen molar-refractivity contribution in [2.24, 2.45) is 0 Å². The SMILES string of the molecule is Cc1ccccc1N(C)Cc1ccc(Cl)nc1Cl. The number of nitrogens with zero attached hydrogens (tertiary/aromatic N) is 2. The number of rotatable bonds is 3. The molecular formula is C14H14Cl2N2. The van der Waals surface area contributed by atoms with E-state index in [0.717, 1.165) is 5.56 Å². The average molecular weight is 281 g/mol. The van der Waals surface area contributed by atoms with Crippen LogP contribution in [-0.4, -0.2) is 12.0 Å². The minimum Gasteiger partial charge on any atom is -0.370 e. The van der Waals surface area contributed by atoms with Gasteiger partial charge in [0, 0.05) is 24.8 Å². The maximum Gasteiger partial charge on any atom is 0.135 e. The van der Waals surface area contributed by atoms with Gasteiger partial charge in [0.1, 0.15) is 10.3 Å². The summed E-state index contributed by atoms with van der Waals surface area (Å²) >= 11 is 11.9. The maximum absolute atomic E-state index is 6.08. The molecule has 94 valence electrons. The Morgan fingerprint density at radius 1 is 1.11 bits per heavy atom. The molecule has 2 aromatic rings. The molecule has 2 nitrogen and oxygen atoms in total. The van der Waals surface area contributed by atoms with E-state index < -0.39 is 0 Å². The molecule has 0 N–H and O–H groups in total. The molecule has 0 spiro atoms. The van der Waals surface area contributed by atoms with Crippen LogP contribution in [0.2, 0.25) is 10.3 Å². The third kappa shape index (κ3) is 2.95. The van der Waals surface area contributed by atoms with E-state index in [1.807, 2.05) is 25.2 Å². The van der Waals surface area contributed by atoms with Crippen molar-refractivity contribution in [2.75, 3.05) is 11.9 Å². The Hall–Kier alpha value is -1.25. The summed E-state index contributed by atoms with van der Waals surface area (Å²) in [6.45, 7) is 2.79. The quantitative estimate of drug-likeness (QED) is 0.778. The van der Waals surface area contributed by atoms with Gasteiger partial charge in [-0.3, -0.25) is 0 Å². The molecule has 4 heteroatoms. The van der Waals surface area contributed by atoms with E-state index in [1.165, 1.54) is 11.3 Å². The molecule has 0 aliphatic rings. The number of pyridine rings is 1. The van der Waals surface area contributed by atoms with Gasteiger partial charge in [0.2, 0.25) is 0 Å². The second-order valence-electron chi connectivity index (χ2n) is 4.23. The predicted octanol–water partition coefficient (Wildman–Crippen LogP) is 4.33. The molecule has 0 fully saturated rings. The molecule has 1 aromatic heterocycles. The highest BCUT2D eigenvalue weighted by molar-refractivity contribution is 6.32. The van der Waals surface area contributed by atoms with E-state index in [0.29, 0.717) is 16.9 Å². The van der Waals surface area contributed by atoms with E-state index in [2.05, 4.69) is 28.9 Å². The van der Waals surface area contributed by atoms with Gasteiger partial charge in [-0.1, -0.05) is 47.5 Å². The number of benzene rings is 1. The van der Waals surface area contributed by atoms with Crippen molar-refractivity contribution in [1.82, 2.24) is 4.98 Å². The van der Waals surface area contributed by atoms with Crippen LogP contribution in [0.25, 0.3) is 0 Å². The first-order chi connectivity index (χ1) is 8.58. The Morgan fingerprint density at radius 3 is 2.50 bits per heavy atom. The molecule has 0 aliphatic carbocycles. The van der Waals surface area contributed by atoms with Gasteiger partial charge in [-0.15, -0.1) is 0 Å². The topological polar surface area (TPSA) is 16.1 Å². The summed E-state index contributed by atoms with van der Waals surface area (Å²) in [5, 5.41) is 0.880. The third-order valence-corrected chi connectivity index (χ3v) is 3.36. The van der Waals surface area contributed by atoms with Crippen LogP contribution in [0.3, 0.4) is 0 Å². The van der Waals surface area contributed by atoms with Crippen LogP contribution in [0.5, 0.6) is 0 Å². The lowest BCUT2D eigenvalue weighted by Gasteiger charge is -2.21. The first-order valence-electron chi connectivity index (χ1n) is 5.65. The molecule has 0 aliphatic heterocycles. The second kappa shape index (κ2) is 5.59. The molecule has 0 saturated carbocycles. The smallest absolute Gasteiger partial charge is 0.135 e. The lowest BCUT2D eigenvalue weighted by atomic mass is 10.1. The number of aromatic nitrogens is 1. The molecule has 0 unspecified atom stereocenters. The van der Waals surface area contributed by atoms with Gasteiger partial charge < -0.3 is 4.90 Å². The largest absolute Gasteiger partial charge is 0.370 e. The lowest BCUT2D eigenvalue weighted by Crippen LogP contribution is -2.17. The van der Waals surface area contributed by atoms with E-state index in [1.54, 1.807) is 6.07 Å². The summed E-state index contributed by atoms with van der Waals surface area (Å²) in [6, 6.07) is 11.9. The first-order valence-corrected chi connectivity index (χ1v) is 6.41. The van der Waals surface area contributed by atoms with Gasteiger partial charge in [0.25, 0.3) is 0 Å². The molecule has 1 aromatic carbocycles. The summed E-state index contributed by atoms with van der Waals surface area (Å²) < 4.78 is 0. The van der Waals surface area contributed by atoms with Gasteiger partial charge >= 0.3 is 0 Å². The molecular weight excluding hydrogens is 267 g/mol. The molecule has 2 rings (SSSR count). The van der Waals surface area contributed by atoms with Crippen LogP contribution in [-0.2, 0) is 6.54 Å². The number of hydrogen-bond donors (Lipinski definition) is 0. The molecule has 0 bridgehead atoms. The van der Waals surface area contributed by atoms with Crippen molar-refractivity contribution in [2.45, 2.75) is 13.5 Å². The van der Waals surface area contributed by atoms with Gasteiger partial charge in [-0.25, -0.2) is 4.98 Å². The summed E-state index contributed by atoms with van der Waals surface area (Å²) in [7, 11) is 2.03. The van der Waals surface area contributed by atoms with Crippen molar-refractivity contribution >= 4 is 28.9 Å². The average Bonchev–Trinajstić information content (AvgIpc) is 2.33. The van der Waals surface area contributed by atoms with Crippen LogP contribution >= 0.6 is 23.2 Å². The summed E-state index contributed by atoms with van der Waals surface area (Å²) in [4.78, 5) is 6.19. The monoisotopic (exact) mass is 280 g/mol. The van der Waals surface area contributed by atoms with E-state index in [4.69, 9.17) is 23.2 Å². The Kier molecular flexibility index (Phi) is 4.10. The Labute approximate surface area is 117 Å². The highest BCUT2D eigenvalue weighted by atomic mass is 35.5. The predicted molar refractivity (Wildman–Crippen MR) is 77.5 cm³/mol. The first kappa shape index (κ1) is 13.2. The van der Waals surface area contributed by atoms with E-state index in [9.17, 15) is 0 Å². The molecule has 18 heavy (non-hydrogen) atoms. The Morgan fingerprint density at radius 2 is 1.83 bits per heavy atom. The van der Waals surface area contributed by atoms with Gasteiger partial charge in [-0.05, 0) is 24.6 Å². The fraction of sp³-hybridized carbons (Fsp3) is 0.214. The van der Waals surface area contributed by atoms with Crippen molar-refractivity contribution in [3.8, 4) is 0 Å². The Balaban J connectivity index is 2.21. The zero-order chi connectivity index (χ0) is 13.1. The minimum atomic E-state index is 0.419. The normalized spacial score (nSPS) is 10.4.